The van der Waals surface area contributed by atoms with Crippen molar-refractivity contribution in [3.63, 3.8) is 0 Å². The van der Waals surface area contributed by atoms with Crippen LogP contribution in [0.4, 0.5) is 0 Å². The van der Waals surface area contributed by atoms with Gasteiger partial charge in [0, 0.05) is 26.1 Å². The summed E-state index contributed by atoms with van der Waals surface area (Å²) < 4.78 is 0. The first kappa shape index (κ1) is 30.5. The fourth-order valence-corrected chi connectivity index (χ4v) is 4.22. The van der Waals surface area contributed by atoms with Crippen molar-refractivity contribution in [3.8, 4) is 0 Å². The van der Waals surface area contributed by atoms with Crippen molar-refractivity contribution < 1.29 is 14.4 Å². The minimum atomic E-state index is -0.292. The molecule has 32 heavy (non-hydrogen) atoms. The Morgan fingerprint density at radius 2 is 1.47 bits per heavy atom. The topological polar surface area (TPSA) is 78.5 Å². The predicted octanol–water partition coefficient (Wildman–Crippen LogP) is 4.24. The molecule has 2 radical (unpaired) electrons. The lowest BCUT2D eigenvalue weighted by Gasteiger charge is -2.27. The zero-order chi connectivity index (χ0) is 24.2. The minimum absolute atomic E-state index is 0.0301. The number of hydrogen-bond donors (Lipinski definition) is 2. The van der Waals surface area contributed by atoms with Crippen molar-refractivity contribution in [1.29, 1.82) is 0 Å². The first-order valence-corrected chi connectivity index (χ1v) is 12.9. The zero-order valence-electron chi connectivity index (χ0n) is 21.2. The van der Waals surface area contributed by atoms with Gasteiger partial charge in [0.2, 0.25) is 17.7 Å². The molecule has 0 aliphatic carbocycles. The van der Waals surface area contributed by atoms with E-state index in [0.717, 1.165) is 6.42 Å². The largest absolute Gasteiger partial charge is 0.355 e. The van der Waals surface area contributed by atoms with Gasteiger partial charge in [-0.2, -0.15) is 0 Å². The molecule has 0 aliphatic rings. The molecule has 7 heteroatoms. The number of nitrogens with zero attached hydrogens (tertiary/aromatic N) is 1. The Morgan fingerprint density at radius 1 is 0.812 bits per heavy atom. The summed E-state index contributed by atoms with van der Waals surface area (Å²) in [7, 11) is 5.47. The molecule has 0 spiro atoms. The maximum Gasteiger partial charge on any atom is 0.239 e. The molecule has 0 aliphatic heterocycles. The lowest BCUT2D eigenvalue weighted by molar-refractivity contribution is -0.134. The van der Waals surface area contributed by atoms with Crippen molar-refractivity contribution in [1.82, 2.24) is 15.5 Å². The maximum absolute atomic E-state index is 12.6. The quantitative estimate of drug-likeness (QED) is 0.216. The average Bonchev–Trinajstić information content (AvgIpc) is 2.78. The summed E-state index contributed by atoms with van der Waals surface area (Å²) in [4.78, 5) is 37.9. The normalized spacial score (nSPS) is 12.8. The van der Waals surface area contributed by atoms with E-state index < -0.39 is 0 Å². The molecule has 2 unspecified atom stereocenters. The summed E-state index contributed by atoms with van der Waals surface area (Å²) in [6, 6.07) is 0. The van der Waals surface area contributed by atoms with Gasteiger partial charge < -0.3 is 15.5 Å². The molecule has 2 N–H and O–H groups in total. The lowest BCUT2D eigenvalue weighted by Crippen LogP contribution is -2.44. The maximum atomic E-state index is 12.6. The first-order valence-electron chi connectivity index (χ1n) is 12.9. The Bertz CT molecular complexity index is 517. The Hall–Kier alpha value is -1.53. The second-order valence-corrected chi connectivity index (χ2v) is 8.80. The van der Waals surface area contributed by atoms with Crippen LogP contribution in [0, 0.1) is 11.8 Å². The molecule has 0 aromatic rings. The number of amides is 3. The second kappa shape index (κ2) is 20.1. The van der Waals surface area contributed by atoms with Crippen LogP contribution in [-0.2, 0) is 14.4 Å². The van der Waals surface area contributed by atoms with Gasteiger partial charge in [0.05, 0.1) is 14.4 Å². The van der Waals surface area contributed by atoms with Crippen LogP contribution in [0.2, 0.25) is 6.32 Å². The molecule has 0 fully saturated rings. The van der Waals surface area contributed by atoms with Crippen LogP contribution < -0.4 is 10.6 Å². The third kappa shape index (κ3) is 14.5. The Labute approximate surface area is 198 Å². The SMILES string of the molecule is [B]CC(=O)N(CCNC(=O)CC(CC)C(CCCC)CCCCCCC)CC(=O)NCC. The highest BCUT2D eigenvalue weighted by atomic mass is 16.2. The summed E-state index contributed by atoms with van der Waals surface area (Å²) in [5.74, 6) is 0.511. The van der Waals surface area contributed by atoms with Gasteiger partial charge in [-0.3, -0.25) is 14.4 Å². The average molecular weight is 449 g/mol. The highest BCUT2D eigenvalue weighted by Gasteiger charge is 2.22. The monoisotopic (exact) mass is 449 g/mol. The molecule has 2 atom stereocenters. The van der Waals surface area contributed by atoms with Crippen molar-refractivity contribution in [2.24, 2.45) is 11.8 Å². The van der Waals surface area contributed by atoms with Gasteiger partial charge in [-0.1, -0.05) is 85.0 Å². The van der Waals surface area contributed by atoms with Crippen molar-refractivity contribution in [3.05, 3.63) is 0 Å². The van der Waals surface area contributed by atoms with Gasteiger partial charge in [0.15, 0.2) is 0 Å². The highest BCUT2D eigenvalue weighted by Crippen LogP contribution is 2.30. The molecule has 0 heterocycles. The third-order valence-electron chi connectivity index (χ3n) is 6.19. The fraction of sp³-hybridized carbons (Fsp3) is 0.880. The number of hydrogen-bond acceptors (Lipinski definition) is 3. The fourth-order valence-electron chi connectivity index (χ4n) is 4.22. The second-order valence-electron chi connectivity index (χ2n) is 8.80. The van der Waals surface area contributed by atoms with Gasteiger partial charge in [0.25, 0.3) is 0 Å². The molecule has 0 bridgehead atoms. The molecular formula is C25H48BN3O3. The number of carbonyl (C=O) groups excluding carboxylic acids is 3. The summed E-state index contributed by atoms with van der Waals surface area (Å²) in [6.45, 7) is 9.56. The van der Waals surface area contributed by atoms with Crippen molar-refractivity contribution >= 4 is 25.6 Å². The Morgan fingerprint density at radius 3 is 2.06 bits per heavy atom. The van der Waals surface area contributed by atoms with E-state index in [1.165, 1.54) is 62.7 Å². The number of likely N-dealkylation sites (N-methyl/N-ethyl adjacent to an activating group) is 1. The summed E-state index contributed by atoms with van der Waals surface area (Å²) in [5, 5.41) is 5.64. The van der Waals surface area contributed by atoms with E-state index in [2.05, 4.69) is 31.4 Å². The van der Waals surface area contributed by atoms with Crippen LogP contribution in [0.5, 0.6) is 0 Å². The molecular weight excluding hydrogens is 401 g/mol. The van der Waals surface area contributed by atoms with E-state index in [4.69, 9.17) is 7.85 Å². The number of rotatable bonds is 20. The molecule has 6 nitrogen and oxygen atoms in total. The van der Waals surface area contributed by atoms with Crippen LogP contribution in [0.1, 0.15) is 98.3 Å². The van der Waals surface area contributed by atoms with Crippen LogP contribution >= 0.6 is 0 Å². The lowest BCUT2D eigenvalue weighted by atomic mass is 9.80. The van der Waals surface area contributed by atoms with E-state index in [9.17, 15) is 14.4 Å². The van der Waals surface area contributed by atoms with Gasteiger partial charge in [0.1, 0.15) is 0 Å². The number of carbonyl (C=O) groups is 3. The number of unbranched alkanes of at least 4 members (excludes halogenated alkanes) is 5. The van der Waals surface area contributed by atoms with E-state index in [1.807, 2.05) is 6.92 Å². The van der Waals surface area contributed by atoms with E-state index in [-0.39, 0.29) is 37.1 Å². The minimum Gasteiger partial charge on any atom is -0.355 e. The smallest absolute Gasteiger partial charge is 0.239 e. The molecule has 0 saturated heterocycles. The molecule has 184 valence electrons. The van der Waals surface area contributed by atoms with Gasteiger partial charge in [-0.15, -0.1) is 0 Å². The standard InChI is InChI=1S/C25H48BN3O3/c1-5-9-11-12-13-15-22(14-10-6-2)21(7-3)18-23(30)28-16-17-29(25(32)19-26)20-24(31)27-8-4/h21-22H,5-20H2,1-4H3,(H,27,31)(H,28,30). The summed E-state index contributed by atoms with van der Waals surface area (Å²) >= 11 is 0. The molecule has 0 saturated carbocycles. The van der Waals surface area contributed by atoms with E-state index >= 15 is 0 Å². The van der Waals surface area contributed by atoms with Crippen LogP contribution in [0.25, 0.3) is 0 Å². The Balaban J connectivity index is 4.64. The first-order chi connectivity index (χ1) is 15.4. The van der Waals surface area contributed by atoms with Gasteiger partial charge in [-0.25, -0.2) is 0 Å². The molecule has 0 aromatic heterocycles. The van der Waals surface area contributed by atoms with Crippen LogP contribution in [0.3, 0.4) is 0 Å². The van der Waals surface area contributed by atoms with Gasteiger partial charge in [-0.05, 0) is 25.1 Å². The van der Waals surface area contributed by atoms with Crippen molar-refractivity contribution in [2.75, 3.05) is 26.2 Å². The third-order valence-corrected chi connectivity index (χ3v) is 6.19. The van der Waals surface area contributed by atoms with E-state index in [1.54, 1.807) is 0 Å². The van der Waals surface area contributed by atoms with Gasteiger partial charge >= 0.3 is 0 Å². The number of nitrogens with one attached hydrogen (secondary N) is 2. The summed E-state index contributed by atoms with van der Waals surface area (Å²) in [6.07, 6.45) is 12.6. The zero-order valence-corrected chi connectivity index (χ0v) is 21.2. The summed E-state index contributed by atoms with van der Waals surface area (Å²) in [5.41, 5.74) is 0. The molecule has 0 aromatic carbocycles. The Kier molecular flexibility index (Phi) is 19.1. The van der Waals surface area contributed by atoms with Crippen molar-refractivity contribution in [2.45, 2.75) is 105 Å². The molecule has 0 rings (SSSR count). The van der Waals surface area contributed by atoms with Crippen LogP contribution in [-0.4, -0.2) is 56.6 Å². The highest BCUT2D eigenvalue weighted by molar-refractivity contribution is 6.19. The van der Waals surface area contributed by atoms with Crippen LogP contribution in [0.15, 0.2) is 0 Å². The van der Waals surface area contributed by atoms with E-state index in [0.29, 0.717) is 31.3 Å². The predicted molar refractivity (Wildman–Crippen MR) is 134 cm³/mol. The molecule has 3 amide bonds.